The molecule has 0 bridgehead atoms. The van der Waals surface area contributed by atoms with Crippen molar-refractivity contribution in [3.63, 3.8) is 0 Å². The highest BCUT2D eigenvalue weighted by molar-refractivity contribution is 7.99. The van der Waals surface area contributed by atoms with Crippen LogP contribution < -0.4 is 5.43 Å². The summed E-state index contributed by atoms with van der Waals surface area (Å²) in [6.07, 6.45) is 3.14. The molecule has 0 fully saturated rings. The molecule has 0 aliphatic heterocycles. The first kappa shape index (κ1) is 12.6. The molecule has 2 rings (SSSR count). The Morgan fingerprint density at radius 3 is 3.00 bits per heavy atom. The van der Waals surface area contributed by atoms with Crippen LogP contribution in [0.25, 0.3) is 0 Å². The zero-order chi connectivity index (χ0) is 13.0. The number of nitrogens with zero attached hydrogens (tertiary/aromatic N) is 4. The molecule has 0 unspecified atom stereocenters. The summed E-state index contributed by atoms with van der Waals surface area (Å²) in [5.41, 5.74) is 3.25. The van der Waals surface area contributed by atoms with E-state index in [1.54, 1.807) is 29.9 Å². The second-order valence-corrected chi connectivity index (χ2v) is 4.71. The van der Waals surface area contributed by atoms with Crippen LogP contribution in [0.5, 0.6) is 0 Å². The number of rotatable bonds is 4. The van der Waals surface area contributed by atoms with Crippen LogP contribution in [0.4, 0.5) is 0 Å². The van der Waals surface area contributed by atoms with Gasteiger partial charge in [-0.15, -0.1) is 10.2 Å². The smallest absolute Gasteiger partial charge is 0.267 e. The van der Waals surface area contributed by atoms with Gasteiger partial charge in [-0.25, -0.2) is 4.68 Å². The number of pyridine rings is 1. The van der Waals surface area contributed by atoms with Crippen molar-refractivity contribution in [3.05, 3.63) is 35.9 Å². The molecule has 6 nitrogen and oxygen atoms in total. The van der Waals surface area contributed by atoms with Gasteiger partial charge in [-0.3, -0.25) is 15.2 Å². The number of hydrogen-bond donors (Lipinski definition) is 1. The lowest BCUT2D eigenvalue weighted by Crippen LogP contribution is -2.24. The van der Waals surface area contributed by atoms with Crippen molar-refractivity contribution in [1.82, 2.24) is 19.9 Å². The molecular formula is C11H13N5OS. The van der Waals surface area contributed by atoms with Gasteiger partial charge in [-0.1, -0.05) is 18.7 Å². The van der Waals surface area contributed by atoms with E-state index in [1.807, 2.05) is 6.92 Å². The molecule has 0 spiro atoms. The van der Waals surface area contributed by atoms with Gasteiger partial charge in [0.15, 0.2) is 0 Å². The van der Waals surface area contributed by atoms with Crippen LogP contribution in [0.1, 0.15) is 23.1 Å². The Balaban J connectivity index is 2.19. The average molecular weight is 263 g/mol. The largest absolute Gasteiger partial charge is 0.271 e. The summed E-state index contributed by atoms with van der Waals surface area (Å²) in [4.78, 5) is 15.9. The minimum absolute atomic E-state index is 0.232. The van der Waals surface area contributed by atoms with Crippen LogP contribution in [0, 0.1) is 6.92 Å². The van der Waals surface area contributed by atoms with Gasteiger partial charge in [0.2, 0.25) is 5.16 Å². The van der Waals surface area contributed by atoms with Crippen LogP contribution >= 0.6 is 11.8 Å². The number of carbonyl (C=O) groups excluding carboxylic acids is 1. The second-order valence-electron chi connectivity index (χ2n) is 3.48. The molecule has 2 aromatic rings. The van der Waals surface area contributed by atoms with Gasteiger partial charge in [0.05, 0.1) is 5.56 Å². The Labute approximate surface area is 109 Å². The maximum absolute atomic E-state index is 12.0. The SMILES string of the molecule is CCSc1nnc(C)n1NC(=O)c1cccnc1. The topological polar surface area (TPSA) is 72.7 Å². The van der Waals surface area contributed by atoms with Gasteiger partial charge in [0.25, 0.3) is 5.91 Å². The molecule has 0 saturated carbocycles. The number of amides is 1. The fourth-order valence-electron chi connectivity index (χ4n) is 1.36. The Morgan fingerprint density at radius 2 is 2.33 bits per heavy atom. The lowest BCUT2D eigenvalue weighted by molar-refractivity contribution is 0.100. The van der Waals surface area contributed by atoms with Crippen LogP contribution in [0.15, 0.2) is 29.7 Å². The molecule has 0 saturated heterocycles. The number of nitrogens with one attached hydrogen (secondary N) is 1. The Morgan fingerprint density at radius 1 is 1.50 bits per heavy atom. The molecule has 0 radical (unpaired) electrons. The van der Waals surface area contributed by atoms with Crippen molar-refractivity contribution in [1.29, 1.82) is 0 Å². The summed E-state index contributed by atoms with van der Waals surface area (Å²) < 4.78 is 1.59. The van der Waals surface area contributed by atoms with E-state index in [1.165, 1.54) is 18.0 Å². The molecule has 0 aliphatic carbocycles. The van der Waals surface area contributed by atoms with Gasteiger partial charge < -0.3 is 0 Å². The molecule has 1 amide bonds. The van der Waals surface area contributed by atoms with Crippen molar-refractivity contribution in [2.75, 3.05) is 11.2 Å². The first-order valence-electron chi connectivity index (χ1n) is 5.48. The predicted molar refractivity (Wildman–Crippen MR) is 69.1 cm³/mol. The minimum atomic E-state index is -0.232. The van der Waals surface area contributed by atoms with Gasteiger partial charge in [-0.05, 0) is 24.8 Å². The van der Waals surface area contributed by atoms with E-state index in [4.69, 9.17) is 0 Å². The number of aromatic nitrogens is 4. The summed E-state index contributed by atoms with van der Waals surface area (Å²) >= 11 is 1.52. The standard InChI is InChI=1S/C11H13N5OS/c1-3-18-11-14-13-8(2)16(11)15-10(17)9-5-4-6-12-7-9/h4-7H,3H2,1-2H3,(H,15,17). The first-order chi connectivity index (χ1) is 8.72. The highest BCUT2D eigenvalue weighted by Crippen LogP contribution is 2.14. The Kier molecular flexibility index (Phi) is 3.93. The molecule has 2 aromatic heterocycles. The monoisotopic (exact) mass is 263 g/mol. The third kappa shape index (κ3) is 2.67. The fourth-order valence-corrected chi connectivity index (χ4v) is 2.02. The maximum atomic E-state index is 12.0. The van der Waals surface area contributed by atoms with Crippen molar-refractivity contribution in [2.45, 2.75) is 19.0 Å². The molecule has 94 valence electrons. The summed E-state index contributed by atoms with van der Waals surface area (Å²) in [5, 5.41) is 8.61. The van der Waals surface area contributed by atoms with Gasteiger partial charge in [-0.2, -0.15) is 0 Å². The maximum Gasteiger partial charge on any atom is 0.271 e. The fraction of sp³-hybridized carbons (Fsp3) is 0.273. The van der Waals surface area contributed by atoms with Gasteiger partial charge in [0.1, 0.15) is 5.82 Å². The molecular weight excluding hydrogens is 250 g/mol. The van der Waals surface area contributed by atoms with E-state index >= 15 is 0 Å². The third-order valence-electron chi connectivity index (χ3n) is 2.21. The Bertz CT molecular complexity index is 540. The molecule has 1 N–H and O–H groups in total. The molecule has 0 aliphatic rings. The summed E-state index contributed by atoms with van der Waals surface area (Å²) in [5.74, 6) is 1.27. The quantitative estimate of drug-likeness (QED) is 0.846. The number of thioether (sulfide) groups is 1. The molecule has 18 heavy (non-hydrogen) atoms. The minimum Gasteiger partial charge on any atom is -0.267 e. The predicted octanol–water partition coefficient (Wildman–Crippen LogP) is 1.48. The van der Waals surface area contributed by atoms with Gasteiger partial charge >= 0.3 is 0 Å². The zero-order valence-corrected chi connectivity index (χ0v) is 10.9. The lowest BCUT2D eigenvalue weighted by atomic mass is 10.3. The van der Waals surface area contributed by atoms with Crippen LogP contribution in [-0.2, 0) is 0 Å². The average Bonchev–Trinajstić information content (AvgIpc) is 2.73. The summed E-state index contributed by atoms with van der Waals surface area (Å²) in [7, 11) is 0. The van der Waals surface area contributed by atoms with E-state index in [9.17, 15) is 4.79 Å². The lowest BCUT2D eigenvalue weighted by Gasteiger charge is -2.09. The van der Waals surface area contributed by atoms with E-state index in [0.29, 0.717) is 16.5 Å². The van der Waals surface area contributed by atoms with E-state index in [2.05, 4.69) is 20.6 Å². The summed E-state index contributed by atoms with van der Waals surface area (Å²) in [6, 6.07) is 3.42. The molecule has 7 heteroatoms. The second kappa shape index (κ2) is 5.63. The highest BCUT2D eigenvalue weighted by atomic mass is 32.2. The van der Waals surface area contributed by atoms with Crippen LogP contribution in [0.3, 0.4) is 0 Å². The Hall–Kier alpha value is -1.89. The molecule has 0 aromatic carbocycles. The van der Waals surface area contributed by atoms with Crippen molar-refractivity contribution >= 4 is 17.7 Å². The van der Waals surface area contributed by atoms with Crippen molar-refractivity contribution in [2.24, 2.45) is 0 Å². The zero-order valence-electron chi connectivity index (χ0n) is 10.1. The number of carbonyl (C=O) groups is 1. The molecule has 2 heterocycles. The number of hydrogen-bond acceptors (Lipinski definition) is 5. The van der Waals surface area contributed by atoms with Crippen molar-refractivity contribution < 1.29 is 4.79 Å². The first-order valence-corrected chi connectivity index (χ1v) is 6.47. The third-order valence-corrected chi connectivity index (χ3v) is 3.02. The van der Waals surface area contributed by atoms with E-state index in [0.717, 1.165) is 5.75 Å². The van der Waals surface area contributed by atoms with E-state index in [-0.39, 0.29) is 5.91 Å². The van der Waals surface area contributed by atoms with Crippen LogP contribution in [-0.4, -0.2) is 31.5 Å². The normalized spacial score (nSPS) is 10.3. The molecule has 0 atom stereocenters. The highest BCUT2D eigenvalue weighted by Gasteiger charge is 2.12. The van der Waals surface area contributed by atoms with Crippen molar-refractivity contribution in [3.8, 4) is 0 Å². The van der Waals surface area contributed by atoms with Gasteiger partial charge in [0, 0.05) is 12.4 Å². The van der Waals surface area contributed by atoms with Crippen LogP contribution in [0.2, 0.25) is 0 Å². The summed E-state index contributed by atoms with van der Waals surface area (Å²) in [6.45, 7) is 3.80. The number of aryl methyl sites for hydroxylation is 1. The van der Waals surface area contributed by atoms with E-state index < -0.39 is 0 Å².